The van der Waals surface area contributed by atoms with Crippen molar-refractivity contribution < 1.29 is 28.5 Å². The fourth-order valence-corrected chi connectivity index (χ4v) is 2.31. The number of carbonyl (C=O) groups excluding carboxylic acids is 2. The Morgan fingerprint density at radius 2 is 1.39 bits per heavy atom. The van der Waals surface area contributed by atoms with Gasteiger partial charge in [-0.05, 0) is 0 Å². The van der Waals surface area contributed by atoms with Crippen molar-refractivity contribution >= 4 is 11.9 Å². The molecular formula is C12H16O6. The van der Waals surface area contributed by atoms with E-state index in [1.54, 1.807) is 13.8 Å². The lowest BCUT2D eigenvalue weighted by atomic mass is 9.78. The third-order valence-electron chi connectivity index (χ3n) is 3.42. The average molecular weight is 256 g/mol. The van der Waals surface area contributed by atoms with Crippen molar-refractivity contribution in [2.24, 2.45) is 5.41 Å². The summed E-state index contributed by atoms with van der Waals surface area (Å²) in [5.41, 5.74) is -1.25. The molecule has 0 aromatic rings. The predicted octanol–water partition coefficient (Wildman–Crippen LogP) is 0.387. The standard InChI is InChI=1S/C12H16O6/c1-11(2)17-9(13)12(10(14)18-11,3-7-5-15-7)4-8-6-16-8/h7-8H,3-6H2,1-2H3. The topological polar surface area (TPSA) is 77.7 Å². The van der Waals surface area contributed by atoms with Crippen LogP contribution in [0.15, 0.2) is 0 Å². The zero-order valence-electron chi connectivity index (χ0n) is 10.4. The Kier molecular flexibility index (Phi) is 2.44. The largest absolute Gasteiger partial charge is 0.422 e. The van der Waals surface area contributed by atoms with Crippen LogP contribution in [0.1, 0.15) is 26.7 Å². The van der Waals surface area contributed by atoms with Crippen LogP contribution in [-0.4, -0.2) is 43.1 Å². The van der Waals surface area contributed by atoms with Gasteiger partial charge in [0.2, 0.25) is 0 Å². The number of rotatable bonds is 4. The summed E-state index contributed by atoms with van der Waals surface area (Å²) in [5.74, 6) is -2.23. The Labute approximate surface area is 105 Å². The van der Waals surface area contributed by atoms with E-state index in [1.165, 1.54) is 0 Å². The lowest BCUT2D eigenvalue weighted by Crippen LogP contribution is -2.55. The van der Waals surface area contributed by atoms with Crippen molar-refractivity contribution in [2.45, 2.75) is 44.7 Å². The smallest absolute Gasteiger partial charge is 0.326 e. The summed E-state index contributed by atoms with van der Waals surface area (Å²) in [5, 5.41) is 0. The highest BCUT2D eigenvalue weighted by Crippen LogP contribution is 2.44. The van der Waals surface area contributed by atoms with Crippen molar-refractivity contribution in [3.63, 3.8) is 0 Å². The molecule has 0 N–H and O–H groups in total. The van der Waals surface area contributed by atoms with Crippen LogP contribution < -0.4 is 0 Å². The summed E-state index contributed by atoms with van der Waals surface area (Å²) in [7, 11) is 0. The van der Waals surface area contributed by atoms with E-state index in [-0.39, 0.29) is 12.2 Å². The van der Waals surface area contributed by atoms with Gasteiger partial charge in [-0.2, -0.15) is 0 Å². The molecule has 0 amide bonds. The maximum Gasteiger partial charge on any atom is 0.326 e. The quantitative estimate of drug-likeness (QED) is 0.411. The molecule has 0 bridgehead atoms. The first-order valence-corrected chi connectivity index (χ1v) is 6.11. The maximum atomic E-state index is 12.2. The lowest BCUT2D eigenvalue weighted by molar-refractivity contribution is -0.252. The Hall–Kier alpha value is -1.14. The fraction of sp³-hybridized carbons (Fsp3) is 0.833. The highest BCUT2D eigenvalue weighted by molar-refractivity contribution is 6.01. The molecule has 0 aromatic heterocycles. The van der Waals surface area contributed by atoms with Gasteiger partial charge in [-0.1, -0.05) is 0 Å². The van der Waals surface area contributed by atoms with Crippen LogP contribution in [0.3, 0.4) is 0 Å². The monoisotopic (exact) mass is 256 g/mol. The number of ether oxygens (including phenoxy) is 4. The van der Waals surface area contributed by atoms with E-state index in [0.29, 0.717) is 26.1 Å². The van der Waals surface area contributed by atoms with Gasteiger partial charge in [0, 0.05) is 26.7 Å². The van der Waals surface area contributed by atoms with E-state index < -0.39 is 23.1 Å². The lowest BCUT2D eigenvalue weighted by Gasteiger charge is -2.39. The number of esters is 2. The van der Waals surface area contributed by atoms with Gasteiger partial charge in [0.15, 0.2) is 5.41 Å². The van der Waals surface area contributed by atoms with Crippen LogP contribution in [0.2, 0.25) is 0 Å². The molecule has 18 heavy (non-hydrogen) atoms. The molecule has 3 fully saturated rings. The van der Waals surface area contributed by atoms with Gasteiger partial charge in [-0.15, -0.1) is 0 Å². The van der Waals surface area contributed by atoms with Gasteiger partial charge in [0.25, 0.3) is 5.79 Å². The molecule has 6 heteroatoms. The van der Waals surface area contributed by atoms with Gasteiger partial charge < -0.3 is 18.9 Å². The minimum atomic E-state index is -1.25. The third kappa shape index (κ3) is 2.10. The van der Waals surface area contributed by atoms with Gasteiger partial charge in [0.1, 0.15) is 0 Å². The molecule has 0 saturated carbocycles. The van der Waals surface area contributed by atoms with Crippen LogP contribution in [-0.2, 0) is 28.5 Å². The van der Waals surface area contributed by atoms with Crippen LogP contribution in [0.5, 0.6) is 0 Å². The summed E-state index contributed by atoms with van der Waals surface area (Å²) >= 11 is 0. The number of cyclic esters (lactones) is 2. The van der Waals surface area contributed by atoms with Crippen LogP contribution in [0.4, 0.5) is 0 Å². The van der Waals surface area contributed by atoms with Crippen molar-refractivity contribution in [3.8, 4) is 0 Å². The maximum absolute atomic E-state index is 12.2. The second-order valence-corrected chi connectivity index (χ2v) is 5.58. The highest BCUT2D eigenvalue weighted by Gasteiger charge is 2.60. The Bertz CT molecular complexity index is 357. The first-order valence-electron chi connectivity index (χ1n) is 6.11. The molecule has 3 heterocycles. The molecule has 0 radical (unpaired) electrons. The van der Waals surface area contributed by atoms with E-state index in [2.05, 4.69) is 0 Å². The second kappa shape index (κ2) is 3.68. The summed E-state index contributed by atoms with van der Waals surface area (Å²) in [6.45, 7) is 4.26. The van der Waals surface area contributed by atoms with Crippen molar-refractivity contribution in [1.82, 2.24) is 0 Å². The van der Waals surface area contributed by atoms with Crippen molar-refractivity contribution in [1.29, 1.82) is 0 Å². The summed E-state index contributed by atoms with van der Waals surface area (Å²) in [4.78, 5) is 24.5. The number of hydrogen-bond acceptors (Lipinski definition) is 6. The highest BCUT2D eigenvalue weighted by atomic mass is 16.7. The van der Waals surface area contributed by atoms with Crippen LogP contribution >= 0.6 is 0 Å². The Morgan fingerprint density at radius 1 is 1.00 bits per heavy atom. The molecule has 3 aliphatic rings. The van der Waals surface area contributed by atoms with Gasteiger partial charge >= 0.3 is 11.9 Å². The molecule has 0 spiro atoms. The van der Waals surface area contributed by atoms with Gasteiger partial charge in [0.05, 0.1) is 25.4 Å². The predicted molar refractivity (Wildman–Crippen MR) is 57.4 cm³/mol. The van der Waals surface area contributed by atoms with Crippen LogP contribution in [0, 0.1) is 5.41 Å². The zero-order valence-corrected chi connectivity index (χ0v) is 10.4. The molecule has 2 unspecified atom stereocenters. The molecule has 2 atom stereocenters. The third-order valence-corrected chi connectivity index (χ3v) is 3.42. The molecule has 6 nitrogen and oxygen atoms in total. The van der Waals surface area contributed by atoms with Gasteiger partial charge in [-0.3, -0.25) is 9.59 Å². The molecular weight excluding hydrogens is 240 g/mol. The van der Waals surface area contributed by atoms with E-state index in [9.17, 15) is 9.59 Å². The van der Waals surface area contributed by atoms with E-state index in [4.69, 9.17) is 18.9 Å². The minimum absolute atomic E-state index is 0.0509. The first kappa shape index (κ1) is 11.9. The normalized spacial score (nSPS) is 35.7. The second-order valence-electron chi connectivity index (χ2n) is 5.58. The van der Waals surface area contributed by atoms with Crippen molar-refractivity contribution in [2.75, 3.05) is 13.2 Å². The Morgan fingerprint density at radius 3 is 1.72 bits per heavy atom. The summed E-state index contributed by atoms with van der Waals surface area (Å²) in [6, 6.07) is 0. The minimum Gasteiger partial charge on any atom is -0.422 e. The SMILES string of the molecule is CC1(C)OC(=O)C(CC2CO2)(CC2CO2)C(=O)O1. The number of epoxide rings is 2. The van der Waals surface area contributed by atoms with E-state index in [0.717, 1.165) is 0 Å². The molecule has 0 aromatic carbocycles. The van der Waals surface area contributed by atoms with E-state index in [1.807, 2.05) is 0 Å². The Balaban J connectivity index is 1.85. The average Bonchev–Trinajstić information content (AvgIpc) is 3.07. The van der Waals surface area contributed by atoms with Crippen molar-refractivity contribution in [3.05, 3.63) is 0 Å². The number of hydrogen-bond donors (Lipinski definition) is 0. The van der Waals surface area contributed by atoms with E-state index >= 15 is 0 Å². The molecule has 100 valence electrons. The first-order chi connectivity index (χ1) is 8.41. The van der Waals surface area contributed by atoms with Crippen LogP contribution in [0.25, 0.3) is 0 Å². The summed E-state index contributed by atoms with van der Waals surface area (Å²) in [6.07, 6.45) is 0.538. The van der Waals surface area contributed by atoms with Gasteiger partial charge in [-0.25, -0.2) is 0 Å². The molecule has 3 saturated heterocycles. The molecule has 3 aliphatic heterocycles. The zero-order chi connectivity index (χ0) is 13.0. The summed E-state index contributed by atoms with van der Waals surface area (Å²) < 4.78 is 20.7. The fourth-order valence-electron chi connectivity index (χ4n) is 2.31. The molecule has 3 rings (SSSR count). The number of carbonyl (C=O) groups is 2. The molecule has 0 aliphatic carbocycles.